The van der Waals surface area contributed by atoms with E-state index in [9.17, 15) is 13.2 Å². The first-order valence-electron chi connectivity index (χ1n) is 6.26. The number of benzene rings is 2. The van der Waals surface area contributed by atoms with Crippen molar-refractivity contribution in [2.24, 2.45) is 0 Å². The molecule has 2 aromatic carbocycles. The minimum Gasteiger partial charge on any atom is -0.496 e. The van der Waals surface area contributed by atoms with Crippen LogP contribution in [0, 0.1) is 0 Å². The van der Waals surface area contributed by atoms with E-state index < -0.39 is 11.7 Å². The van der Waals surface area contributed by atoms with E-state index >= 15 is 0 Å². The van der Waals surface area contributed by atoms with Crippen LogP contribution in [0.1, 0.15) is 5.56 Å². The molecule has 3 aromatic rings. The molecule has 0 aliphatic rings. The third-order valence-electron chi connectivity index (χ3n) is 2.96. The lowest BCUT2D eigenvalue weighted by Crippen LogP contribution is -2.07. The Hall–Kier alpha value is -1.73. The minimum atomic E-state index is -4.45. The first-order chi connectivity index (χ1) is 10.5. The number of alkyl halides is 3. The number of thiazole rings is 1. The third kappa shape index (κ3) is 3.05. The number of ether oxygens (including phenoxy) is 1. The van der Waals surface area contributed by atoms with Gasteiger partial charge in [-0.15, -0.1) is 11.3 Å². The molecule has 22 heavy (non-hydrogen) atoms. The summed E-state index contributed by atoms with van der Waals surface area (Å²) in [6, 6.07) is 11.6. The maximum Gasteiger partial charge on any atom is 0.420 e. The van der Waals surface area contributed by atoms with Gasteiger partial charge in [-0.1, -0.05) is 23.9 Å². The average Bonchev–Trinajstić information content (AvgIpc) is 2.88. The van der Waals surface area contributed by atoms with Crippen LogP contribution in [0.5, 0.6) is 5.75 Å². The fourth-order valence-electron chi connectivity index (χ4n) is 1.97. The van der Waals surface area contributed by atoms with Crippen molar-refractivity contribution in [1.29, 1.82) is 0 Å². The first-order valence-corrected chi connectivity index (χ1v) is 7.89. The van der Waals surface area contributed by atoms with Gasteiger partial charge in [0.25, 0.3) is 0 Å². The van der Waals surface area contributed by atoms with Gasteiger partial charge in [-0.2, -0.15) is 13.2 Å². The van der Waals surface area contributed by atoms with Gasteiger partial charge in [0.2, 0.25) is 0 Å². The Kier molecular flexibility index (Phi) is 4.01. The molecule has 0 aliphatic heterocycles. The Balaban J connectivity index is 1.95. The predicted octanol–water partition coefficient (Wildman–Crippen LogP) is 5.47. The summed E-state index contributed by atoms with van der Waals surface area (Å²) in [7, 11) is 1.23. The highest BCUT2D eigenvalue weighted by molar-refractivity contribution is 8.01. The highest BCUT2D eigenvalue weighted by atomic mass is 32.2. The molecule has 1 aromatic heterocycles. The van der Waals surface area contributed by atoms with Gasteiger partial charge in [0.05, 0.1) is 22.9 Å². The fraction of sp³-hybridized carbons (Fsp3) is 0.133. The monoisotopic (exact) mass is 341 g/mol. The van der Waals surface area contributed by atoms with E-state index in [-0.39, 0.29) is 5.75 Å². The Bertz CT molecular complexity index is 781. The SMILES string of the molecule is COc1ccc(Sc2nc3ccccc3s2)cc1C(F)(F)F. The van der Waals surface area contributed by atoms with E-state index in [0.717, 1.165) is 16.3 Å². The normalized spacial score (nSPS) is 11.8. The molecule has 0 fully saturated rings. The topological polar surface area (TPSA) is 22.1 Å². The molecule has 0 radical (unpaired) electrons. The molecular weight excluding hydrogens is 331 g/mol. The number of methoxy groups -OCH3 is 1. The molecule has 0 unspecified atom stereocenters. The largest absolute Gasteiger partial charge is 0.496 e. The van der Waals surface area contributed by atoms with Crippen LogP contribution in [-0.4, -0.2) is 12.1 Å². The molecule has 0 bridgehead atoms. The maximum absolute atomic E-state index is 13.0. The van der Waals surface area contributed by atoms with Crippen molar-refractivity contribution in [3.05, 3.63) is 48.0 Å². The second kappa shape index (κ2) is 5.81. The molecular formula is C15H10F3NOS2. The van der Waals surface area contributed by atoms with Crippen LogP contribution in [0.15, 0.2) is 51.7 Å². The molecule has 3 rings (SSSR count). The van der Waals surface area contributed by atoms with E-state index in [0.29, 0.717) is 9.24 Å². The number of halogens is 3. The van der Waals surface area contributed by atoms with Crippen molar-refractivity contribution in [3.63, 3.8) is 0 Å². The summed E-state index contributed by atoms with van der Waals surface area (Å²) in [5.41, 5.74) is 0.0701. The number of rotatable bonds is 3. The highest BCUT2D eigenvalue weighted by Gasteiger charge is 2.34. The Labute approximate surface area is 132 Å². The Morgan fingerprint density at radius 2 is 1.91 bits per heavy atom. The zero-order chi connectivity index (χ0) is 15.7. The van der Waals surface area contributed by atoms with Gasteiger partial charge in [-0.05, 0) is 30.3 Å². The lowest BCUT2D eigenvalue weighted by atomic mass is 10.2. The zero-order valence-electron chi connectivity index (χ0n) is 11.3. The summed E-state index contributed by atoms with van der Waals surface area (Å²) in [6.07, 6.45) is -4.45. The smallest absolute Gasteiger partial charge is 0.420 e. The average molecular weight is 341 g/mol. The van der Waals surface area contributed by atoms with Crippen molar-refractivity contribution in [3.8, 4) is 5.75 Å². The number of para-hydroxylation sites is 1. The van der Waals surface area contributed by atoms with Crippen molar-refractivity contribution in [2.75, 3.05) is 7.11 Å². The highest BCUT2D eigenvalue weighted by Crippen LogP contribution is 2.41. The van der Waals surface area contributed by atoms with Crippen LogP contribution in [0.4, 0.5) is 13.2 Å². The molecule has 0 atom stereocenters. The summed E-state index contributed by atoms with van der Waals surface area (Å²) < 4.78 is 45.6. The van der Waals surface area contributed by atoms with E-state index in [1.54, 1.807) is 6.07 Å². The number of nitrogens with zero attached hydrogens (tertiary/aromatic N) is 1. The van der Waals surface area contributed by atoms with Crippen LogP contribution in [-0.2, 0) is 6.18 Å². The fourth-order valence-corrected chi connectivity index (χ4v) is 4.05. The van der Waals surface area contributed by atoms with Gasteiger partial charge in [0, 0.05) is 4.90 Å². The van der Waals surface area contributed by atoms with E-state index in [4.69, 9.17) is 4.74 Å². The zero-order valence-corrected chi connectivity index (χ0v) is 13.0. The number of aromatic nitrogens is 1. The summed E-state index contributed by atoms with van der Waals surface area (Å²) in [4.78, 5) is 4.89. The standard InChI is InChI=1S/C15H10F3NOS2/c1-20-12-7-6-9(8-10(12)15(16,17)18)21-14-19-11-4-2-3-5-13(11)22-14/h2-8H,1H3. The number of hydrogen-bond donors (Lipinski definition) is 0. The minimum absolute atomic E-state index is 0.179. The third-order valence-corrected chi connectivity index (χ3v) is 5.04. The predicted molar refractivity (Wildman–Crippen MR) is 81.7 cm³/mol. The van der Waals surface area contributed by atoms with Crippen molar-refractivity contribution < 1.29 is 17.9 Å². The molecule has 2 nitrogen and oxygen atoms in total. The molecule has 1 heterocycles. The second-order valence-electron chi connectivity index (χ2n) is 4.41. The molecule has 0 saturated heterocycles. The molecule has 0 spiro atoms. The number of fused-ring (bicyclic) bond motifs is 1. The molecule has 7 heteroatoms. The molecule has 0 saturated carbocycles. The number of hydrogen-bond acceptors (Lipinski definition) is 4. The van der Waals surface area contributed by atoms with E-state index in [1.807, 2.05) is 24.3 Å². The second-order valence-corrected chi connectivity index (χ2v) is 6.76. The van der Waals surface area contributed by atoms with Crippen LogP contribution < -0.4 is 4.74 Å². The van der Waals surface area contributed by atoms with Gasteiger partial charge in [-0.3, -0.25) is 0 Å². The summed E-state index contributed by atoms with van der Waals surface area (Å²) in [5, 5.41) is 0. The molecule has 114 valence electrons. The summed E-state index contributed by atoms with van der Waals surface area (Å²) in [6.45, 7) is 0. The lowest BCUT2D eigenvalue weighted by Gasteiger charge is -2.12. The summed E-state index contributed by atoms with van der Waals surface area (Å²) >= 11 is 2.67. The van der Waals surface area contributed by atoms with Crippen LogP contribution in [0.25, 0.3) is 10.2 Å². The van der Waals surface area contributed by atoms with Crippen LogP contribution in [0.2, 0.25) is 0 Å². The lowest BCUT2D eigenvalue weighted by molar-refractivity contribution is -0.138. The van der Waals surface area contributed by atoms with Gasteiger partial charge in [0.1, 0.15) is 5.75 Å². The van der Waals surface area contributed by atoms with Crippen LogP contribution in [0.3, 0.4) is 0 Å². The molecule has 0 amide bonds. The van der Waals surface area contributed by atoms with Crippen LogP contribution >= 0.6 is 23.1 Å². The van der Waals surface area contributed by atoms with Crippen molar-refractivity contribution in [1.82, 2.24) is 4.98 Å². The van der Waals surface area contributed by atoms with Crippen molar-refractivity contribution >= 4 is 33.3 Å². The first kappa shape index (κ1) is 15.2. The summed E-state index contributed by atoms with van der Waals surface area (Å²) in [5.74, 6) is -0.179. The molecule has 0 N–H and O–H groups in total. The Morgan fingerprint density at radius 3 is 2.59 bits per heavy atom. The van der Waals surface area contributed by atoms with Gasteiger partial charge in [0.15, 0.2) is 4.34 Å². The quantitative estimate of drug-likeness (QED) is 0.630. The maximum atomic E-state index is 13.0. The van der Waals surface area contributed by atoms with Gasteiger partial charge in [-0.25, -0.2) is 4.98 Å². The van der Waals surface area contributed by atoms with Crippen molar-refractivity contribution in [2.45, 2.75) is 15.4 Å². The van der Waals surface area contributed by atoms with Gasteiger partial charge >= 0.3 is 6.18 Å². The van der Waals surface area contributed by atoms with Gasteiger partial charge < -0.3 is 4.74 Å². The molecule has 0 aliphatic carbocycles. The van der Waals surface area contributed by atoms with E-state index in [1.165, 1.54) is 36.3 Å². The Morgan fingerprint density at radius 1 is 1.14 bits per heavy atom. The van der Waals surface area contributed by atoms with E-state index in [2.05, 4.69) is 4.98 Å².